The Bertz CT molecular complexity index is 776. The van der Waals surface area contributed by atoms with Crippen molar-refractivity contribution in [2.24, 2.45) is 10.7 Å². The average Bonchev–Trinajstić information content (AvgIpc) is 2.68. The van der Waals surface area contributed by atoms with Gasteiger partial charge < -0.3 is 20.7 Å². The van der Waals surface area contributed by atoms with Gasteiger partial charge in [0.05, 0.1) is 13.7 Å². The summed E-state index contributed by atoms with van der Waals surface area (Å²) in [5, 5.41) is 3.05. The molecule has 1 aliphatic heterocycles. The van der Waals surface area contributed by atoms with E-state index in [1.165, 1.54) is 0 Å². The molecule has 0 unspecified atom stereocenters. The average molecular weight is 480 g/mol. The number of hydrogen-bond acceptors (Lipinski definition) is 3. The van der Waals surface area contributed by atoms with Crippen LogP contribution in [0.25, 0.3) is 0 Å². The van der Waals surface area contributed by atoms with Gasteiger partial charge in [-0.3, -0.25) is 4.79 Å². The number of piperidine rings is 1. The summed E-state index contributed by atoms with van der Waals surface area (Å²) >= 11 is 0. The smallest absolute Gasteiger partial charge is 0.226 e. The van der Waals surface area contributed by atoms with Gasteiger partial charge in [-0.15, -0.1) is 24.0 Å². The molecule has 1 aliphatic rings. The molecule has 2 aromatic rings. The van der Waals surface area contributed by atoms with Crippen LogP contribution in [0.4, 0.5) is 11.4 Å². The minimum Gasteiger partial charge on any atom is -0.497 e. The van der Waals surface area contributed by atoms with Crippen molar-refractivity contribution in [3.63, 3.8) is 0 Å². The number of halogens is 1. The largest absolute Gasteiger partial charge is 0.497 e. The highest BCUT2D eigenvalue weighted by Crippen LogP contribution is 2.21. The second-order valence-corrected chi connectivity index (χ2v) is 6.22. The number of carbonyl (C=O) groups is 1. The van der Waals surface area contributed by atoms with Gasteiger partial charge in [0.25, 0.3) is 0 Å². The SMILES string of the molecule is COc1ccc(NC(N)=NCc2ccc(N3CCCCC3=O)cc2)cc1.I. The third-order valence-electron chi connectivity index (χ3n) is 4.37. The van der Waals surface area contributed by atoms with Gasteiger partial charge >= 0.3 is 0 Å². The number of rotatable bonds is 5. The Kier molecular flexibility index (Phi) is 7.90. The van der Waals surface area contributed by atoms with Crippen LogP contribution in [-0.4, -0.2) is 25.5 Å². The normalized spacial score (nSPS) is 14.5. The highest BCUT2D eigenvalue weighted by Gasteiger charge is 2.19. The van der Waals surface area contributed by atoms with Gasteiger partial charge in [-0.05, 0) is 54.8 Å². The van der Waals surface area contributed by atoms with Crippen LogP contribution < -0.4 is 20.7 Å². The summed E-state index contributed by atoms with van der Waals surface area (Å²) in [6, 6.07) is 15.4. The zero-order chi connectivity index (χ0) is 18.4. The predicted octanol–water partition coefficient (Wildman–Crippen LogP) is 3.76. The van der Waals surface area contributed by atoms with E-state index in [9.17, 15) is 4.79 Å². The first-order valence-electron chi connectivity index (χ1n) is 8.76. The fraction of sp³-hybridized carbons (Fsp3) is 0.300. The molecule has 0 saturated carbocycles. The molecule has 0 atom stereocenters. The Morgan fingerprint density at radius 1 is 1.15 bits per heavy atom. The fourth-order valence-corrected chi connectivity index (χ4v) is 2.90. The first-order chi connectivity index (χ1) is 12.7. The van der Waals surface area contributed by atoms with E-state index < -0.39 is 0 Å². The zero-order valence-corrected chi connectivity index (χ0v) is 17.7. The van der Waals surface area contributed by atoms with E-state index in [0.29, 0.717) is 18.9 Å². The lowest BCUT2D eigenvalue weighted by molar-refractivity contribution is -0.119. The predicted molar refractivity (Wildman–Crippen MR) is 120 cm³/mol. The maximum atomic E-state index is 12.0. The Balaban J connectivity index is 0.00000261. The molecule has 6 nitrogen and oxygen atoms in total. The maximum Gasteiger partial charge on any atom is 0.226 e. The summed E-state index contributed by atoms with van der Waals surface area (Å²) in [4.78, 5) is 18.2. The van der Waals surface area contributed by atoms with Gasteiger partial charge in [-0.25, -0.2) is 4.99 Å². The minimum absolute atomic E-state index is 0. The number of methoxy groups -OCH3 is 1. The third-order valence-corrected chi connectivity index (χ3v) is 4.37. The molecule has 0 spiro atoms. The third kappa shape index (κ3) is 5.85. The maximum absolute atomic E-state index is 12.0. The molecule has 2 aromatic carbocycles. The van der Waals surface area contributed by atoms with E-state index in [-0.39, 0.29) is 29.9 Å². The van der Waals surface area contributed by atoms with Crippen molar-refractivity contribution in [1.29, 1.82) is 0 Å². The van der Waals surface area contributed by atoms with Crippen molar-refractivity contribution in [3.05, 3.63) is 54.1 Å². The number of ether oxygens (including phenoxy) is 1. The molecule has 1 amide bonds. The van der Waals surface area contributed by atoms with E-state index in [1.807, 2.05) is 53.4 Å². The highest BCUT2D eigenvalue weighted by atomic mass is 127. The monoisotopic (exact) mass is 480 g/mol. The van der Waals surface area contributed by atoms with Crippen molar-refractivity contribution < 1.29 is 9.53 Å². The van der Waals surface area contributed by atoms with E-state index in [0.717, 1.165) is 42.1 Å². The van der Waals surface area contributed by atoms with Crippen LogP contribution in [-0.2, 0) is 11.3 Å². The van der Waals surface area contributed by atoms with Gasteiger partial charge in [0.15, 0.2) is 5.96 Å². The number of amides is 1. The van der Waals surface area contributed by atoms with Crippen LogP contribution in [0.5, 0.6) is 5.75 Å². The summed E-state index contributed by atoms with van der Waals surface area (Å²) in [7, 11) is 1.63. The molecule has 7 heteroatoms. The molecule has 144 valence electrons. The second-order valence-electron chi connectivity index (χ2n) is 6.22. The number of nitrogens with two attached hydrogens (primary N) is 1. The Labute approximate surface area is 176 Å². The molecule has 1 saturated heterocycles. The summed E-state index contributed by atoms with van der Waals surface area (Å²) in [6.07, 6.45) is 2.69. The molecule has 0 bridgehead atoms. The Morgan fingerprint density at radius 3 is 2.48 bits per heavy atom. The van der Waals surface area contributed by atoms with Crippen molar-refractivity contribution in [2.45, 2.75) is 25.8 Å². The summed E-state index contributed by atoms with van der Waals surface area (Å²) < 4.78 is 5.13. The Morgan fingerprint density at radius 2 is 1.85 bits per heavy atom. The number of nitrogens with zero attached hydrogens (tertiary/aromatic N) is 2. The van der Waals surface area contributed by atoms with Crippen LogP contribution in [0.2, 0.25) is 0 Å². The van der Waals surface area contributed by atoms with Gasteiger partial charge in [0, 0.05) is 24.3 Å². The fourth-order valence-electron chi connectivity index (χ4n) is 2.90. The number of aliphatic imine (C=N–C) groups is 1. The molecule has 0 aromatic heterocycles. The zero-order valence-electron chi connectivity index (χ0n) is 15.4. The number of hydrogen-bond donors (Lipinski definition) is 2. The molecule has 1 fully saturated rings. The second kappa shape index (κ2) is 10.1. The molecule has 0 radical (unpaired) electrons. The lowest BCUT2D eigenvalue weighted by atomic mass is 10.1. The van der Waals surface area contributed by atoms with Gasteiger partial charge in [-0.1, -0.05) is 12.1 Å². The lowest BCUT2D eigenvalue weighted by Crippen LogP contribution is -2.35. The number of carbonyl (C=O) groups excluding carboxylic acids is 1. The van der Waals surface area contributed by atoms with E-state index in [2.05, 4.69) is 10.3 Å². The van der Waals surface area contributed by atoms with Crippen LogP contribution >= 0.6 is 24.0 Å². The Hall–Kier alpha value is -2.29. The topological polar surface area (TPSA) is 80.0 Å². The molecule has 27 heavy (non-hydrogen) atoms. The molecule has 0 aliphatic carbocycles. The molecule has 3 rings (SSSR count). The van der Waals surface area contributed by atoms with Crippen LogP contribution in [0.15, 0.2) is 53.5 Å². The lowest BCUT2D eigenvalue weighted by Gasteiger charge is -2.26. The number of anilines is 2. The van der Waals surface area contributed by atoms with Crippen LogP contribution in [0, 0.1) is 0 Å². The van der Waals surface area contributed by atoms with E-state index in [1.54, 1.807) is 7.11 Å². The standard InChI is InChI=1S/C20H24N4O2.HI/c1-26-18-11-7-16(8-12-18)23-20(21)22-14-15-5-9-17(10-6-15)24-13-3-2-4-19(24)25;/h5-12H,2-4,13-14H2,1H3,(H3,21,22,23);1H. The van der Waals surface area contributed by atoms with Gasteiger partial charge in [-0.2, -0.15) is 0 Å². The quantitative estimate of drug-likeness (QED) is 0.388. The summed E-state index contributed by atoms with van der Waals surface area (Å²) in [5.41, 5.74) is 8.79. The van der Waals surface area contributed by atoms with Gasteiger partial charge in [0.1, 0.15) is 5.75 Å². The van der Waals surface area contributed by atoms with Crippen LogP contribution in [0.1, 0.15) is 24.8 Å². The summed E-state index contributed by atoms with van der Waals surface area (Å²) in [5.74, 6) is 1.35. The van der Waals surface area contributed by atoms with Crippen molar-refractivity contribution in [3.8, 4) is 5.75 Å². The van der Waals surface area contributed by atoms with Crippen LogP contribution in [0.3, 0.4) is 0 Å². The van der Waals surface area contributed by atoms with E-state index >= 15 is 0 Å². The summed E-state index contributed by atoms with van der Waals surface area (Å²) in [6.45, 7) is 1.28. The molecular formula is C20H25IN4O2. The molecular weight excluding hydrogens is 455 g/mol. The number of guanidine groups is 1. The highest BCUT2D eigenvalue weighted by molar-refractivity contribution is 14.0. The number of nitrogens with one attached hydrogen (secondary N) is 1. The minimum atomic E-state index is 0. The first-order valence-corrected chi connectivity index (χ1v) is 8.76. The van der Waals surface area contributed by atoms with Crippen molar-refractivity contribution in [2.75, 3.05) is 23.9 Å². The molecule has 1 heterocycles. The van der Waals surface area contributed by atoms with Crippen molar-refractivity contribution in [1.82, 2.24) is 0 Å². The molecule has 3 N–H and O–H groups in total. The van der Waals surface area contributed by atoms with Gasteiger partial charge in [0.2, 0.25) is 5.91 Å². The van der Waals surface area contributed by atoms with Crippen molar-refractivity contribution >= 4 is 47.2 Å². The van der Waals surface area contributed by atoms with E-state index in [4.69, 9.17) is 10.5 Å². The first kappa shape index (κ1) is 21.0. The number of benzene rings is 2.